The highest BCUT2D eigenvalue weighted by molar-refractivity contribution is 7.86. The van der Waals surface area contributed by atoms with Crippen LogP contribution in [0.3, 0.4) is 0 Å². The van der Waals surface area contributed by atoms with E-state index in [0.29, 0.717) is 11.2 Å². The summed E-state index contributed by atoms with van der Waals surface area (Å²) in [5, 5.41) is 7.89. The molecule has 14 heteroatoms. The second kappa shape index (κ2) is 5.56. The van der Waals surface area contributed by atoms with Gasteiger partial charge in [0.25, 0.3) is 25.8 Å². The molecule has 1 saturated heterocycles. The van der Waals surface area contributed by atoms with Crippen LogP contribution in [0.1, 0.15) is 6.23 Å². The molecule has 2 aromatic heterocycles. The molecule has 4 heterocycles. The third-order valence-electron chi connectivity index (χ3n) is 4.05. The lowest BCUT2D eigenvalue weighted by atomic mass is 10.1. The Morgan fingerprint density at radius 1 is 1.12 bits per heavy atom. The zero-order valence-electron chi connectivity index (χ0n) is 13.5. The van der Waals surface area contributed by atoms with Crippen LogP contribution in [0, 0.1) is 0 Å². The lowest BCUT2D eigenvalue weighted by Gasteiger charge is -2.25. The van der Waals surface area contributed by atoms with Gasteiger partial charge in [-0.1, -0.05) is 5.21 Å². The van der Waals surface area contributed by atoms with E-state index in [1.165, 1.54) is 16.8 Å². The standard InChI is InChI=1S/C12H14N4O8S2/c1-25(18,19)23-9-7-5-15-11-6(13-14-15)3-4-8(17)16(11)12(22-7)10(9)24-26(2,20)21/h3-4,7,9-10,12H,5H2,1-2H3/t7-,9+,10?,12-/m1/s1. The van der Waals surface area contributed by atoms with Crippen molar-refractivity contribution in [2.75, 3.05) is 12.5 Å². The lowest BCUT2D eigenvalue weighted by molar-refractivity contribution is -0.0285. The smallest absolute Gasteiger partial charge is 0.264 e. The summed E-state index contributed by atoms with van der Waals surface area (Å²) in [6, 6.07) is 2.71. The minimum absolute atomic E-state index is 0.000260. The fourth-order valence-corrected chi connectivity index (χ4v) is 4.48. The quantitative estimate of drug-likeness (QED) is 0.532. The Labute approximate surface area is 147 Å². The largest absolute Gasteiger partial charge is 0.347 e. The third kappa shape index (κ3) is 2.92. The van der Waals surface area contributed by atoms with Gasteiger partial charge in [0.1, 0.15) is 17.7 Å². The van der Waals surface area contributed by atoms with Gasteiger partial charge in [0, 0.05) is 6.07 Å². The van der Waals surface area contributed by atoms with Crippen molar-refractivity contribution >= 4 is 31.4 Å². The van der Waals surface area contributed by atoms with Gasteiger partial charge in [-0.25, -0.2) is 4.68 Å². The Hall–Kier alpha value is -1.87. The number of nitrogens with zero attached hydrogens (tertiary/aromatic N) is 4. The predicted octanol–water partition coefficient (Wildman–Crippen LogP) is -1.81. The van der Waals surface area contributed by atoms with Crippen molar-refractivity contribution in [3.05, 3.63) is 22.5 Å². The lowest BCUT2D eigenvalue weighted by Crippen LogP contribution is -2.43. The summed E-state index contributed by atoms with van der Waals surface area (Å²) in [4.78, 5) is 12.4. The third-order valence-corrected chi connectivity index (χ3v) is 5.19. The van der Waals surface area contributed by atoms with Gasteiger partial charge in [-0.05, 0) is 6.07 Å². The SMILES string of the molecule is CS(=O)(=O)OC1[C@@H](OS(C)(=O)=O)[C@H]2Cn3nnc4ccc(=O)n(c43)[C@@H]1O2. The van der Waals surface area contributed by atoms with E-state index in [-0.39, 0.29) is 6.54 Å². The first-order valence-electron chi connectivity index (χ1n) is 7.40. The number of hydrogen-bond acceptors (Lipinski definition) is 10. The average Bonchev–Trinajstić information content (AvgIpc) is 2.95. The summed E-state index contributed by atoms with van der Waals surface area (Å²) >= 11 is 0. The van der Waals surface area contributed by atoms with E-state index in [1.807, 2.05) is 0 Å². The van der Waals surface area contributed by atoms with E-state index in [0.717, 1.165) is 17.1 Å². The molecule has 2 aromatic rings. The van der Waals surface area contributed by atoms with Gasteiger partial charge < -0.3 is 4.74 Å². The van der Waals surface area contributed by atoms with Crippen LogP contribution in [0.4, 0.5) is 0 Å². The molecule has 0 aliphatic carbocycles. The van der Waals surface area contributed by atoms with Gasteiger partial charge in [-0.2, -0.15) is 16.8 Å². The summed E-state index contributed by atoms with van der Waals surface area (Å²) in [7, 11) is -7.96. The van der Waals surface area contributed by atoms with Crippen LogP contribution in [-0.2, 0) is 39.9 Å². The molecule has 4 rings (SSSR count). The summed E-state index contributed by atoms with van der Waals surface area (Å²) in [5.41, 5.74) is 0.221. The van der Waals surface area contributed by atoms with Gasteiger partial charge >= 0.3 is 0 Å². The highest BCUT2D eigenvalue weighted by Crippen LogP contribution is 2.38. The molecule has 2 aliphatic heterocycles. The van der Waals surface area contributed by atoms with Crippen LogP contribution in [0.5, 0.6) is 0 Å². The van der Waals surface area contributed by atoms with Crippen LogP contribution in [0.25, 0.3) is 11.2 Å². The Bertz CT molecular complexity index is 1150. The molecule has 4 atom stereocenters. The molecule has 1 unspecified atom stereocenters. The molecule has 142 valence electrons. The normalized spacial score (nSPS) is 28.4. The Kier molecular flexibility index (Phi) is 3.75. The van der Waals surface area contributed by atoms with Crippen molar-refractivity contribution in [2.24, 2.45) is 0 Å². The highest BCUT2D eigenvalue weighted by Gasteiger charge is 2.53. The molecular formula is C12H14N4O8S2. The fourth-order valence-electron chi connectivity index (χ4n) is 3.24. The molecule has 26 heavy (non-hydrogen) atoms. The first-order valence-corrected chi connectivity index (χ1v) is 11.0. The van der Waals surface area contributed by atoms with Gasteiger partial charge in [0.05, 0.1) is 19.1 Å². The first kappa shape index (κ1) is 17.5. The van der Waals surface area contributed by atoms with Crippen molar-refractivity contribution in [3.63, 3.8) is 0 Å². The number of rotatable bonds is 4. The van der Waals surface area contributed by atoms with Crippen molar-refractivity contribution in [1.29, 1.82) is 0 Å². The second-order valence-electron chi connectivity index (χ2n) is 6.12. The van der Waals surface area contributed by atoms with Crippen molar-refractivity contribution < 1.29 is 29.9 Å². The van der Waals surface area contributed by atoms with Crippen LogP contribution >= 0.6 is 0 Å². The van der Waals surface area contributed by atoms with Gasteiger partial charge in [0.15, 0.2) is 18.0 Å². The maximum absolute atomic E-state index is 12.4. The Balaban J connectivity index is 1.92. The minimum Gasteiger partial charge on any atom is -0.347 e. The monoisotopic (exact) mass is 406 g/mol. The molecule has 2 aliphatic rings. The van der Waals surface area contributed by atoms with Crippen LogP contribution < -0.4 is 5.56 Å². The number of hydrogen-bond donors (Lipinski definition) is 0. The number of pyridine rings is 1. The summed E-state index contributed by atoms with van der Waals surface area (Å²) < 4.78 is 65.0. The summed E-state index contributed by atoms with van der Waals surface area (Å²) in [5.74, 6) is 0. The Morgan fingerprint density at radius 3 is 2.42 bits per heavy atom. The topological polar surface area (TPSA) is 149 Å². The second-order valence-corrected chi connectivity index (χ2v) is 9.32. The maximum Gasteiger partial charge on any atom is 0.264 e. The van der Waals surface area contributed by atoms with E-state index < -0.39 is 50.3 Å². The van der Waals surface area contributed by atoms with E-state index in [4.69, 9.17) is 13.1 Å². The molecule has 0 radical (unpaired) electrons. The number of ether oxygens (including phenoxy) is 1. The Morgan fingerprint density at radius 2 is 1.77 bits per heavy atom. The van der Waals surface area contributed by atoms with Gasteiger partial charge in [-0.3, -0.25) is 17.7 Å². The maximum atomic E-state index is 12.4. The van der Waals surface area contributed by atoms with Gasteiger partial charge in [-0.15, -0.1) is 5.10 Å². The first-order chi connectivity index (χ1) is 12.0. The van der Waals surface area contributed by atoms with Gasteiger partial charge in [0.2, 0.25) is 0 Å². The van der Waals surface area contributed by atoms with Crippen molar-refractivity contribution in [2.45, 2.75) is 31.1 Å². The average molecular weight is 406 g/mol. The van der Waals surface area contributed by atoms with E-state index >= 15 is 0 Å². The molecule has 0 N–H and O–H groups in total. The van der Waals surface area contributed by atoms with E-state index in [2.05, 4.69) is 10.3 Å². The van der Waals surface area contributed by atoms with E-state index in [1.54, 1.807) is 0 Å². The predicted molar refractivity (Wildman–Crippen MR) is 85.1 cm³/mol. The number of aromatic nitrogens is 4. The molecule has 12 nitrogen and oxygen atoms in total. The highest BCUT2D eigenvalue weighted by atomic mass is 32.2. The molecule has 1 fully saturated rings. The van der Waals surface area contributed by atoms with Crippen molar-refractivity contribution in [3.8, 4) is 0 Å². The number of fused-ring (bicyclic) bond motifs is 3. The van der Waals surface area contributed by atoms with E-state index in [9.17, 15) is 21.6 Å². The molecule has 2 bridgehead atoms. The molecular weight excluding hydrogens is 392 g/mol. The zero-order chi connectivity index (χ0) is 18.9. The van der Waals surface area contributed by atoms with Crippen molar-refractivity contribution in [1.82, 2.24) is 19.6 Å². The molecule has 0 aromatic carbocycles. The summed E-state index contributed by atoms with van der Waals surface area (Å²) in [6.07, 6.45) is -3.17. The molecule has 0 amide bonds. The summed E-state index contributed by atoms with van der Waals surface area (Å²) in [6.45, 7) is 0.000260. The molecule has 0 saturated carbocycles. The zero-order valence-corrected chi connectivity index (χ0v) is 15.2. The van der Waals surface area contributed by atoms with Crippen LogP contribution in [0.2, 0.25) is 0 Å². The van der Waals surface area contributed by atoms with Crippen LogP contribution in [0.15, 0.2) is 16.9 Å². The minimum atomic E-state index is -4.00. The fraction of sp³-hybridized carbons (Fsp3) is 0.583. The molecule has 0 spiro atoms. The van der Waals surface area contributed by atoms with Crippen LogP contribution in [-0.4, -0.2) is 67.2 Å².